The van der Waals surface area contributed by atoms with Crippen molar-refractivity contribution in [2.45, 2.75) is 33.6 Å². The third-order valence-corrected chi connectivity index (χ3v) is 5.01. The molecule has 2 rings (SSSR count). The summed E-state index contributed by atoms with van der Waals surface area (Å²) in [6.07, 6.45) is 1.86. The lowest BCUT2D eigenvalue weighted by atomic mass is 9.67. The van der Waals surface area contributed by atoms with Crippen LogP contribution in [0.4, 0.5) is 0 Å². The van der Waals surface area contributed by atoms with Crippen molar-refractivity contribution in [1.82, 2.24) is 0 Å². The average Bonchev–Trinajstić information content (AvgIpc) is 2.30. The Kier molecular flexibility index (Phi) is 1.89. The van der Waals surface area contributed by atoms with Crippen molar-refractivity contribution >= 4 is 22.6 Å². The SMILES string of the molecule is CC1(C)[C@@H]2CC[C@@]1(C)[C@@H](C(=O)Cl)C2=O. The van der Waals surface area contributed by atoms with E-state index < -0.39 is 11.2 Å². The van der Waals surface area contributed by atoms with Crippen molar-refractivity contribution < 1.29 is 9.59 Å². The van der Waals surface area contributed by atoms with Crippen LogP contribution in [0.3, 0.4) is 0 Å². The fourth-order valence-corrected chi connectivity index (χ4v) is 3.77. The molecule has 14 heavy (non-hydrogen) atoms. The van der Waals surface area contributed by atoms with Gasteiger partial charge in [0.25, 0.3) is 0 Å². The van der Waals surface area contributed by atoms with Gasteiger partial charge in [0, 0.05) is 5.92 Å². The van der Waals surface area contributed by atoms with Gasteiger partial charge < -0.3 is 0 Å². The zero-order valence-corrected chi connectivity index (χ0v) is 9.52. The van der Waals surface area contributed by atoms with Gasteiger partial charge in [-0.1, -0.05) is 20.8 Å². The smallest absolute Gasteiger partial charge is 0.232 e. The second-order valence-corrected chi connectivity index (χ2v) is 5.74. The van der Waals surface area contributed by atoms with Gasteiger partial charge in [0.2, 0.25) is 5.24 Å². The summed E-state index contributed by atoms with van der Waals surface area (Å²) in [5.41, 5.74) is -0.285. The fourth-order valence-electron chi connectivity index (χ4n) is 3.42. The molecule has 0 aromatic heterocycles. The summed E-state index contributed by atoms with van der Waals surface area (Å²) >= 11 is 5.53. The minimum Gasteiger partial charge on any atom is -0.298 e. The van der Waals surface area contributed by atoms with E-state index in [1.807, 2.05) is 6.92 Å². The molecule has 0 N–H and O–H groups in total. The molecule has 0 aromatic rings. The van der Waals surface area contributed by atoms with Crippen LogP contribution in [0.15, 0.2) is 0 Å². The van der Waals surface area contributed by atoms with Crippen LogP contribution in [0.25, 0.3) is 0 Å². The summed E-state index contributed by atoms with van der Waals surface area (Å²) in [5.74, 6) is -0.443. The molecular weight excluding hydrogens is 200 g/mol. The predicted molar refractivity (Wildman–Crippen MR) is 54.0 cm³/mol. The van der Waals surface area contributed by atoms with E-state index in [1.54, 1.807) is 0 Å². The first kappa shape index (κ1) is 10.2. The molecule has 2 aliphatic carbocycles. The number of ketones is 1. The summed E-state index contributed by atoms with van der Waals surface area (Å²) in [6, 6.07) is 0. The number of carbonyl (C=O) groups is 2. The summed E-state index contributed by atoms with van der Waals surface area (Å²) < 4.78 is 0. The number of Topliss-reactive ketones (excluding diaryl/α,β-unsaturated/α-hetero) is 1. The highest BCUT2D eigenvalue weighted by Gasteiger charge is 2.67. The molecular formula is C11H15ClO2. The first-order valence-corrected chi connectivity index (χ1v) is 5.43. The summed E-state index contributed by atoms with van der Waals surface area (Å²) in [5, 5.41) is -0.465. The Morgan fingerprint density at radius 3 is 2.29 bits per heavy atom. The second-order valence-electron chi connectivity index (χ2n) is 5.37. The molecule has 0 aliphatic heterocycles. The van der Waals surface area contributed by atoms with Crippen molar-refractivity contribution in [1.29, 1.82) is 0 Å². The van der Waals surface area contributed by atoms with Gasteiger partial charge >= 0.3 is 0 Å². The normalized spacial score (nSPS) is 44.4. The maximum Gasteiger partial charge on any atom is 0.232 e. The van der Waals surface area contributed by atoms with Crippen molar-refractivity contribution in [2.24, 2.45) is 22.7 Å². The van der Waals surface area contributed by atoms with Crippen molar-refractivity contribution in [3.05, 3.63) is 0 Å². The van der Waals surface area contributed by atoms with Gasteiger partial charge in [-0.3, -0.25) is 9.59 Å². The van der Waals surface area contributed by atoms with E-state index in [0.29, 0.717) is 0 Å². The van der Waals surface area contributed by atoms with Gasteiger partial charge in [0.05, 0.1) is 5.92 Å². The average molecular weight is 215 g/mol. The van der Waals surface area contributed by atoms with E-state index in [-0.39, 0.29) is 22.5 Å². The van der Waals surface area contributed by atoms with Crippen LogP contribution in [0.2, 0.25) is 0 Å². The van der Waals surface area contributed by atoms with Crippen molar-refractivity contribution in [3.8, 4) is 0 Å². The zero-order valence-electron chi connectivity index (χ0n) is 8.76. The van der Waals surface area contributed by atoms with Crippen molar-refractivity contribution in [2.75, 3.05) is 0 Å². The van der Waals surface area contributed by atoms with Crippen LogP contribution in [-0.4, -0.2) is 11.0 Å². The molecule has 2 bridgehead atoms. The molecule has 0 spiro atoms. The third kappa shape index (κ3) is 0.881. The molecule has 3 atom stereocenters. The van der Waals surface area contributed by atoms with E-state index >= 15 is 0 Å². The minimum atomic E-state index is -0.557. The Hall–Kier alpha value is -0.370. The molecule has 0 saturated heterocycles. The molecule has 2 fully saturated rings. The lowest BCUT2D eigenvalue weighted by Gasteiger charge is -2.36. The maximum atomic E-state index is 11.9. The Labute approximate surface area is 89.0 Å². The minimum absolute atomic E-state index is 0.0419. The number of rotatable bonds is 1. The van der Waals surface area contributed by atoms with Gasteiger partial charge in [-0.25, -0.2) is 0 Å². The standard InChI is InChI=1S/C11H15ClO2/c1-10(2)6-4-5-11(10,3)7(8(6)13)9(12)14/h6-7H,4-5H2,1-3H3/t6-,7-,11+/m1/s1. The number of halogens is 1. The van der Waals surface area contributed by atoms with Crippen LogP contribution in [0.5, 0.6) is 0 Å². The molecule has 0 amide bonds. The van der Waals surface area contributed by atoms with Gasteiger partial charge in [-0.2, -0.15) is 0 Å². The Balaban J connectivity index is 2.51. The van der Waals surface area contributed by atoms with Crippen LogP contribution in [0, 0.1) is 22.7 Å². The highest BCUT2D eigenvalue weighted by molar-refractivity contribution is 6.65. The van der Waals surface area contributed by atoms with Gasteiger partial charge in [-0.05, 0) is 35.3 Å². The second kappa shape index (κ2) is 2.60. The third-order valence-electron chi connectivity index (χ3n) is 4.79. The topological polar surface area (TPSA) is 34.1 Å². The highest BCUT2D eigenvalue weighted by atomic mass is 35.5. The number of hydrogen-bond donors (Lipinski definition) is 0. The number of fused-ring (bicyclic) bond motifs is 2. The Morgan fingerprint density at radius 2 is 2.00 bits per heavy atom. The molecule has 78 valence electrons. The predicted octanol–water partition coefficient (Wildman–Crippen LogP) is 2.39. The molecule has 0 heterocycles. The van der Waals surface area contributed by atoms with E-state index in [4.69, 9.17) is 11.6 Å². The van der Waals surface area contributed by atoms with E-state index in [2.05, 4.69) is 13.8 Å². The number of carbonyl (C=O) groups excluding carboxylic acids is 2. The molecule has 0 radical (unpaired) electrons. The van der Waals surface area contributed by atoms with Crippen LogP contribution < -0.4 is 0 Å². The highest BCUT2D eigenvalue weighted by Crippen LogP contribution is 2.66. The first-order chi connectivity index (χ1) is 6.32. The number of hydrogen-bond acceptors (Lipinski definition) is 2. The lowest BCUT2D eigenvalue weighted by Crippen LogP contribution is -2.36. The van der Waals surface area contributed by atoms with E-state index in [9.17, 15) is 9.59 Å². The van der Waals surface area contributed by atoms with E-state index in [0.717, 1.165) is 12.8 Å². The Bertz CT molecular complexity index is 321. The zero-order chi connectivity index (χ0) is 10.7. The summed E-state index contributed by atoms with van der Waals surface area (Å²) in [6.45, 7) is 6.20. The van der Waals surface area contributed by atoms with Crippen LogP contribution in [-0.2, 0) is 9.59 Å². The summed E-state index contributed by atoms with van der Waals surface area (Å²) in [7, 11) is 0. The monoisotopic (exact) mass is 214 g/mol. The molecule has 2 saturated carbocycles. The first-order valence-electron chi connectivity index (χ1n) is 5.05. The molecule has 2 aliphatic rings. The maximum absolute atomic E-state index is 11.9. The van der Waals surface area contributed by atoms with Crippen LogP contribution >= 0.6 is 11.6 Å². The molecule has 2 nitrogen and oxygen atoms in total. The molecule has 0 aromatic carbocycles. The molecule has 3 heteroatoms. The Morgan fingerprint density at radius 1 is 1.43 bits per heavy atom. The van der Waals surface area contributed by atoms with Crippen molar-refractivity contribution in [3.63, 3.8) is 0 Å². The largest absolute Gasteiger partial charge is 0.298 e. The van der Waals surface area contributed by atoms with Gasteiger partial charge in [-0.15, -0.1) is 0 Å². The quantitative estimate of drug-likeness (QED) is 0.496. The summed E-state index contributed by atoms with van der Waals surface area (Å²) in [4.78, 5) is 23.2. The van der Waals surface area contributed by atoms with Gasteiger partial charge in [0.1, 0.15) is 5.78 Å². The van der Waals surface area contributed by atoms with E-state index in [1.165, 1.54) is 0 Å². The molecule has 0 unspecified atom stereocenters. The lowest BCUT2D eigenvalue weighted by molar-refractivity contribution is -0.133. The fraction of sp³-hybridized carbons (Fsp3) is 0.818. The van der Waals surface area contributed by atoms with Gasteiger partial charge in [0.15, 0.2) is 0 Å². The van der Waals surface area contributed by atoms with Crippen LogP contribution in [0.1, 0.15) is 33.6 Å².